The van der Waals surface area contributed by atoms with Gasteiger partial charge >= 0.3 is 28.4 Å². The van der Waals surface area contributed by atoms with Crippen molar-refractivity contribution in [2.24, 2.45) is 81.8 Å². The maximum atomic E-state index is 12.3. The van der Waals surface area contributed by atoms with Gasteiger partial charge in [-0.15, -0.1) is 0 Å². The van der Waals surface area contributed by atoms with Gasteiger partial charge in [0.1, 0.15) is 19.6 Å². The molecule has 41 nitrogen and oxygen atoms in total. The zero-order valence-corrected chi connectivity index (χ0v) is 71.3. The molecule has 10 rings (SSSR count). The van der Waals surface area contributed by atoms with Gasteiger partial charge in [-0.05, 0) is 84.6 Å². The van der Waals surface area contributed by atoms with E-state index < -0.39 is 45.1 Å². The number of nitrogens with zero attached hydrogens (tertiary/aromatic N) is 22. The SMILES string of the molecule is CC(C)CCCNC(=O)Cn1cnc2c1c(=O)n(C)c(=O)n2C.CCCCCCNC(=O)Cn1cnc2c1c(=O)n(C)c(=O)n2C.CN(C)CCC(=O)NCCn1cnc2c1c(=O)n(C)c(=O)n2C.CN(C)CCCNC(=S)Cn1cnc2c1c(=O)n(C)c(=O)n2C.Cn1c(=O)c2c(ncn2CC(=O)NCCCC(C)(C)C)n(C)c1=O. The van der Waals surface area contributed by atoms with Gasteiger partial charge in [-0.2, -0.15) is 0 Å². The lowest BCUT2D eigenvalue weighted by atomic mass is 9.91. The molecule has 42 heteroatoms. The van der Waals surface area contributed by atoms with Crippen LogP contribution in [0.25, 0.3) is 55.8 Å². The van der Waals surface area contributed by atoms with E-state index >= 15 is 0 Å². The number of carbonyl (C=O) groups excluding carboxylic acids is 4. The molecule has 0 fully saturated rings. The van der Waals surface area contributed by atoms with Gasteiger partial charge in [0.05, 0.1) is 43.2 Å². The monoisotopic (exact) mass is 1640 g/mol. The summed E-state index contributed by atoms with van der Waals surface area (Å²) in [6, 6.07) is 0. The Hall–Kier alpha value is -11.6. The van der Waals surface area contributed by atoms with Crippen LogP contribution in [0.15, 0.2) is 79.6 Å². The van der Waals surface area contributed by atoms with Gasteiger partial charge in [-0.3, -0.25) is 88.8 Å². The molecule has 0 spiro atoms. The summed E-state index contributed by atoms with van der Waals surface area (Å²) in [6.45, 7) is 18.3. The molecule has 0 aromatic carbocycles. The molecule has 0 bridgehead atoms. The Morgan fingerprint density at radius 1 is 0.379 bits per heavy atom. The number of rotatable bonds is 30. The molecule has 0 unspecified atom stereocenters. The second-order valence-electron chi connectivity index (χ2n) is 30.5. The Morgan fingerprint density at radius 3 is 1.01 bits per heavy atom. The van der Waals surface area contributed by atoms with E-state index in [0.717, 1.165) is 93.7 Å². The molecule has 0 atom stereocenters. The Balaban J connectivity index is 0.000000225. The fraction of sp³-hybridized carbons (Fsp3) is 0.595. The van der Waals surface area contributed by atoms with Crippen LogP contribution in [0, 0.1) is 11.3 Å². The third kappa shape index (κ3) is 24.0. The smallest absolute Gasteiger partial charge is 0.332 e. The summed E-state index contributed by atoms with van der Waals surface area (Å²) in [6.07, 6.45) is 16.9. The zero-order valence-electron chi connectivity index (χ0n) is 70.5. The first-order valence-corrected chi connectivity index (χ1v) is 38.6. The van der Waals surface area contributed by atoms with Crippen molar-refractivity contribution in [2.45, 2.75) is 138 Å². The summed E-state index contributed by atoms with van der Waals surface area (Å²) in [7, 11) is 22.8. The minimum absolute atomic E-state index is 0.000534. The summed E-state index contributed by atoms with van der Waals surface area (Å²) in [5.41, 5.74) is -0.913. The zero-order chi connectivity index (χ0) is 86.5. The van der Waals surface area contributed by atoms with E-state index in [1.54, 1.807) is 50.7 Å². The number of hydrogen-bond donors (Lipinski definition) is 5. The number of carbonyl (C=O) groups is 4. The summed E-state index contributed by atoms with van der Waals surface area (Å²) >= 11 is 5.33. The fourth-order valence-corrected chi connectivity index (χ4v) is 12.4. The number of fused-ring (bicyclic) bond motifs is 5. The van der Waals surface area contributed by atoms with Crippen molar-refractivity contribution in [3.8, 4) is 0 Å². The van der Waals surface area contributed by atoms with Crippen LogP contribution < -0.4 is 82.8 Å². The third-order valence-corrected chi connectivity index (χ3v) is 19.2. The molecule has 4 amide bonds. The average Bonchev–Trinajstić information content (AvgIpc) is 1.63. The highest BCUT2D eigenvalue weighted by Crippen LogP contribution is 2.20. The molecular weight excluding hydrogens is 1520 g/mol. The van der Waals surface area contributed by atoms with E-state index in [-0.39, 0.29) is 93.3 Å². The van der Waals surface area contributed by atoms with Crippen LogP contribution in [0.4, 0.5) is 0 Å². The van der Waals surface area contributed by atoms with E-state index in [9.17, 15) is 67.1 Å². The van der Waals surface area contributed by atoms with E-state index in [2.05, 4.69) is 97.9 Å². The van der Waals surface area contributed by atoms with Crippen molar-refractivity contribution < 1.29 is 19.2 Å². The molecular formula is C74H115N27O14S. The number of nitrogens with one attached hydrogen (secondary N) is 5. The van der Waals surface area contributed by atoms with Crippen molar-refractivity contribution in [3.05, 3.63) is 136 Å². The molecule has 10 aromatic heterocycles. The van der Waals surface area contributed by atoms with Gasteiger partial charge in [0.15, 0.2) is 55.8 Å². The van der Waals surface area contributed by atoms with Crippen molar-refractivity contribution in [1.82, 2.24) is 130 Å². The van der Waals surface area contributed by atoms with Gasteiger partial charge in [-0.25, -0.2) is 48.9 Å². The molecule has 0 radical (unpaired) electrons. The quantitative estimate of drug-likeness (QED) is 0.0247. The summed E-state index contributed by atoms with van der Waals surface area (Å²) in [5, 5.41) is 14.5. The summed E-state index contributed by atoms with van der Waals surface area (Å²) < 4.78 is 19.6. The first kappa shape index (κ1) is 93.3. The normalized spacial score (nSPS) is 11.4. The van der Waals surface area contributed by atoms with Crippen molar-refractivity contribution in [3.63, 3.8) is 0 Å². The molecule has 5 N–H and O–H groups in total. The maximum Gasteiger partial charge on any atom is 0.332 e. The van der Waals surface area contributed by atoms with Gasteiger partial charge in [0.2, 0.25) is 23.6 Å². The van der Waals surface area contributed by atoms with Crippen LogP contribution in [0.1, 0.15) is 106 Å². The topological polar surface area (TPSA) is 444 Å². The Morgan fingerprint density at radius 2 is 0.681 bits per heavy atom. The molecule has 0 aliphatic rings. The lowest BCUT2D eigenvalue weighted by molar-refractivity contribution is -0.122. The summed E-state index contributed by atoms with van der Waals surface area (Å²) in [4.78, 5) is 194. The van der Waals surface area contributed by atoms with Crippen molar-refractivity contribution in [2.75, 3.05) is 74.0 Å². The predicted octanol–water partition coefficient (Wildman–Crippen LogP) is -1.70. The highest BCUT2D eigenvalue weighted by Gasteiger charge is 2.22. The Bertz CT molecular complexity index is 5670. The minimum Gasteiger partial charge on any atom is -0.378 e. The van der Waals surface area contributed by atoms with Gasteiger partial charge in [0, 0.05) is 123 Å². The number of unbranched alkanes of at least 4 members (excludes halogenated alkanes) is 3. The molecule has 10 heterocycles. The first-order chi connectivity index (χ1) is 54.6. The van der Waals surface area contributed by atoms with E-state index in [0.29, 0.717) is 85.5 Å². The fourth-order valence-electron chi connectivity index (χ4n) is 12.2. The molecule has 116 heavy (non-hydrogen) atoms. The lowest BCUT2D eigenvalue weighted by Crippen LogP contribution is -2.38. The number of aryl methyl sites for hydroxylation is 5. The Labute approximate surface area is 672 Å². The predicted molar refractivity (Wildman–Crippen MR) is 447 cm³/mol. The minimum atomic E-state index is -0.453. The van der Waals surface area contributed by atoms with Crippen LogP contribution in [0.5, 0.6) is 0 Å². The van der Waals surface area contributed by atoms with Crippen LogP contribution in [0.3, 0.4) is 0 Å². The molecule has 0 saturated heterocycles. The van der Waals surface area contributed by atoms with E-state index in [1.807, 2.05) is 33.1 Å². The van der Waals surface area contributed by atoms with Crippen LogP contribution in [-0.2, 0) is 122 Å². The van der Waals surface area contributed by atoms with Crippen LogP contribution in [-0.4, -0.2) is 206 Å². The van der Waals surface area contributed by atoms with Gasteiger partial charge in [0.25, 0.3) is 27.8 Å². The highest BCUT2D eigenvalue weighted by molar-refractivity contribution is 7.80. The standard InChI is InChI=1S/C16H25N5O3.2C15H23N5O3.C14H22N6O3.C14H22N6O2S/c1-16(2,3)7-6-8-17-11(22)9-21-10-18-13-12(21)14(23)20(5)15(24)19(13)4;1-10(2)6-5-7-16-11(21)8-20-9-17-13-12(20)14(22)19(4)15(23)18(13)3;1-4-5-6-7-8-16-11(21)9-20-10-17-13-12(20)14(22)19(3)15(23)18(13)2;1-17(2)7-5-10(21)15-6-8-20-9-16-12-11(20)13(22)19(4)14(23)18(12)3;1-17(2)7-5-6-15-10(23)8-20-9-16-12-11(20)13(21)19(4)14(22)18(12)3/h10H,6-9H2,1-5H3,(H,17,22);9-10H,5-8H2,1-4H3,(H,16,21);10H,4-9H2,1-3H3,(H,16,21);9H,5-8H2,1-4H3,(H,15,21);9H,5-8H2,1-4H3,(H,15,23). The lowest BCUT2D eigenvalue weighted by Gasteiger charge is -2.17. The maximum absolute atomic E-state index is 12.3. The number of thiocarbonyl (C=S) groups is 1. The first-order valence-electron chi connectivity index (χ1n) is 38.2. The largest absolute Gasteiger partial charge is 0.378 e. The molecule has 0 aliphatic heterocycles. The average molecular weight is 1640 g/mol. The molecule has 0 saturated carbocycles. The van der Waals surface area contributed by atoms with Crippen LogP contribution >= 0.6 is 12.2 Å². The van der Waals surface area contributed by atoms with Crippen molar-refractivity contribution in [1.29, 1.82) is 0 Å². The van der Waals surface area contributed by atoms with Crippen LogP contribution in [0.2, 0.25) is 0 Å². The highest BCUT2D eigenvalue weighted by atomic mass is 32.1. The van der Waals surface area contributed by atoms with Gasteiger partial charge < -0.3 is 59.2 Å². The Kier molecular flexibility index (Phi) is 33.9. The van der Waals surface area contributed by atoms with E-state index in [4.69, 9.17) is 12.2 Å². The molecule has 10 aromatic rings. The summed E-state index contributed by atoms with van der Waals surface area (Å²) in [5.74, 6) is 0.0389. The molecule has 0 aliphatic carbocycles. The number of aromatic nitrogens is 20. The van der Waals surface area contributed by atoms with E-state index in [1.165, 1.54) is 97.1 Å². The second kappa shape index (κ2) is 42.2. The van der Waals surface area contributed by atoms with Gasteiger partial charge in [-0.1, -0.05) is 73.0 Å². The number of imidazole rings is 5. The van der Waals surface area contributed by atoms with Crippen molar-refractivity contribution >= 4 is 96.7 Å². The molecule has 636 valence electrons. The number of amides is 4. The third-order valence-electron chi connectivity index (χ3n) is 19.0. The second-order valence-corrected chi connectivity index (χ2v) is 31.0. The number of hydrogen-bond acceptors (Lipinski definition) is 22.